The lowest BCUT2D eigenvalue weighted by molar-refractivity contribution is 0.189. The maximum Gasteiger partial charge on any atom is 0.107 e. The molecule has 22 heavy (non-hydrogen) atoms. The van der Waals surface area contributed by atoms with E-state index in [1.54, 1.807) is 11.3 Å². The Morgan fingerprint density at radius 1 is 1.09 bits per heavy atom. The Morgan fingerprint density at radius 3 is 2.59 bits per heavy atom. The summed E-state index contributed by atoms with van der Waals surface area (Å²) in [5.74, 6) is 0. The van der Waals surface area contributed by atoms with Crippen LogP contribution in [0.5, 0.6) is 0 Å². The minimum Gasteiger partial charge on any atom is -0.308 e. The number of aromatic nitrogens is 1. The molecule has 4 rings (SSSR count). The van der Waals surface area contributed by atoms with E-state index in [-0.39, 0.29) is 0 Å². The lowest BCUT2D eigenvalue weighted by Gasteiger charge is -2.32. The van der Waals surface area contributed by atoms with Crippen molar-refractivity contribution in [3.05, 3.63) is 40.7 Å². The van der Waals surface area contributed by atoms with Gasteiger partial charge in [0.15, 0.2) is 0 Å². The summed E-state index contributed by atoms with van der Waals surface area (Å²) in [7, 11) is 0. The van der Waals surface area contributed by atoms with E-state index in [9.17, 15) is 0 Å². The highest BCUT2D eigenvalue weighted by molar-refractivity contribution is 7.09. The van der Waals surface area contributed by atoms with Gasteiger partial charge in [-0.25, -0.2) is 4.98 Å². The molecule has 2 heterocycles. The molecule has 2 aromatic rings. The summed E-state index contributed by atoms with van der Waals surface area (Å²) in [5.41, 5.74) is 2.31. The molecule has 1 saturated carbocycles. The van der Waals surface area contributed by atoms with Crippen molar-refractivity contribution in [2.75, 3.05) is 13.1 Å². The largest absolute Gasteiger partial charge is 0.308 e. The Morgan fingerprint density at radius 2 is 1.86 bits per heavy atom. The summed E-state index contributed by atoms with van der Waals surface area (Å²) in [6.07, 6.45) is 5.43. The number of hydrogen-bond acceptors (Lipinski definition) is 4. The number of thiazole rings is 1. The maximum atomic E-state index is 4.76. The van der Waals surface area contributed by atoms with Crippen molar-refractivity contribution in [2.45, 2.75) is 44.3 Å². The molecule has 3 nitrogen and oxygen atoms in total. The molecule has 0 amide bonds. The minimum atomic E-state index is 0.666. The molecule has 1 aliphatic carbocycles. The Kier molecular flexibility index (Phi) is 4.24. The fraction of sp³-hybridized carbons (Fsp3) is 0.500. The minimum absolute atomic E-state index is 0.666. The van der Waals surface area contributed by atoms with E-state index in [1.807, 2.05) is 6.07 Å². The van der Waals surface area contributed by atoms with Crippen molar-refractivity contribution in [3.8, 4) is 11.3 Å². The Labute approximate surface area is 136 Å². The van der Waals surface area contributed by atoms with Crippen LogP contribution in [0.3, 0.4) is 0 Å². The summed E-state index contributed by atoms with van der Waals surface area (Å²) in [4.78, 5) is 7.44. The van der Waals surface area contributed by atoms with Gasteiger partial charge >= 0.3 is 0 Å². The molecule has 4 heteroatoms. The molecule has 116 valence electrons. The van der Waals surface area contributed by atoms with Gasteiger partial charge in [0.25, 0.3) is 0 Å². The van der Waals surface area contributed by atoms with Gasteiger partial charge in [0, 0.05) is 29.6 Å². The summed E-state index contributed by atoms with van der Waals surface area (Å²) >= 11 is 1.76. The van der Waals surface area contributed by atoms with Gasteiger partial charge in [-0.1, -0.05) is 30.3 Å². The van der Waals surface area contributed by atoms with E-state index in [0.29, 0.717) is 6.04 Å². The number of benzene rings is 1. The van der Waals surface area contributed by atoms with Crippen LogP contribution in [-0.2, 0) is 6.54 Å². The van der Waals surface area contributed by atoms with Crippen LogP contribution in [0.4, 0.5) is 0 Å². The van der Waals surface area contributed by atoms with Crippen LogP contribution < -0.4 is 5.32 Å². The average Bonchev–Trinajstić information content (AvgIpc) is 3.32. The number of hydrogen-bond donors (Lipinski definition) is 1. The van der Waals surface area contributed by atoms with E-state index < -0.39 is 0 Å². The standard InChI is InChI=1S/C18H23N3S/c1-2-4-14(5-3-1)17-13-22-18(20-17)12-19-15-8-10-21(11-9-15)16-6-7-16/h1-5,13,15-16,19H,6-12H2. The average molecular weight is 313 g/mol. The maximum absolute atomic E-state index is 4.76. The SMILES string of the molecule is c1ccc(-c2csc(CNC3CCN(C4CC4)CC3)n2)cc1. The van der Waals surface area contributed by atoms with Crippen LogP contribution in [0.2, 0.25) is 0 Å². The van der Waals surface area contributed by atoms with Crippen molar-refractivity contribution in [1.82, 2.24) is 15.2 Å². The lowest BCUT2D eigenvalue weighted by Crippen LogP contribution is -2.43. The van der Waals surface area contributed by atoms with E-state index in [1.165, 1.54) is 49.3 Å². The molecule has 0 bridgehead atoms. The molecule has 1 aliphatic heterocycles. The van der Waals surface area contributed by atoms with Crippen LogP contribution >= 0.6 is 11.3 Å². The number of piperidine rings is 1. The van der Waals surface area contributed by atoms with Gasteiger partial charge in [-0.2, -0.15) is 0 Å². The quantitative estimate of drug-likeness (QED) is 0.915. The van der Waals surface area contributed by atoms with Gasteiger partial charge in [0.05, 0.1) is 5.69 Å². The summed E-state index contributed by atoms with van der Waals surface area (Å²) in [6.45, 7) is 3.45. The Balaban J connectivity index is 1.28. The predicted octanol–water partition coefficient (Wildman–Crippen LogP) is 3.53. The highest BCUT2D eigenvalue weighted by Gasteiger charge is 2.31. The number of rotatable bonds is 5. The van der Waals surface area contributed by atoms with Gasteiger partial charge in [-0.15, -0.1) is 11.3 Å². The summed E-state index contributed by atoms with van der Waals surface area (Å²) < 4.78 is 0. The van der Waals surface area contributed by atoms with Crippen LogP contribution in [0.25, 0.3) is 11.3 Å². The van der Waals surface area contributed by atoms with Crippen molar-refractivity contribution >= 4 is 11.3 Å². The van der Waals surface area contributed by atoms with Crippen LogP contribution in [0.1, 0.15) is 30.7 Å². The Bertz CT molecular complexity index is 598. The molecule has 1 aromatic carbocycles. The van der Waals surface area contributed by atoms with E-state index in [4.69, 9.17) is 4.98 Å². The van der Waals surface area contributed by atoms with Crippen LogP contribution in [0, 0.1) is 0 Å². The first-order chi connectivity index (χ1) is 10.9. The molecule has 0 unspecified atom stereocenters. The molecular weight excluding hydrogens is 290 g/mol. The van der Waals surface area contributed by atoms with Crippen molar-refractivity contribution < 1.29 is 0 Å². The normalized spacial score (nSPS) is 20.4. The van der Waals surface area contributed by atoms with Crippen molar-refractivity contribution in [3.63, 3.8) is 0 Å². The molecule has 1 aromatic heterocycles. The molecule has 0 atom stereocenters. The first-order valence-corrected chi connectivity index (χ1v) is 9.24. The second kappa shape index (κ2) is 6.49. The number of nitrogens with one attached hydrogen (secondary N) is 1. The third-order valence-corrected chi connectivity index (χ3v) is 5.60. The smallest absolute Gasteiger partial charge is 0.107 e. The van der Waals surface area contributed by atoms with Gasteiger partial charge in [0.1, 0.15) is 5.01 Å². The topological polar surface area (TPSA) is 28.2 Å². The molecule has 1 N–H and O–H groups in total. The third-order valence-electron chi connectivity index (χ3n) is 4.76. The van der Waals surface area contributed by atoms with Gasteiger partial charge < -0.3 is 10.2 Å². The van der Waals surface area contributed by atoms with E-state index in [0.717, 1.165) is 18.3 Å². The first-order valence-electron chi connectivity index (χ1n) is 8.36. The van der Waals surface area contributed by atoms with Crippen molar-refractivity contribution in [1.29, 1.82) is 0 Å². The molecule has 0 radical (unpaired) electrons. The number of nitrogens with zero attached hydrogens (tertiary/aromatic N) is 2. The zero-order valence-electron chi connectivity index (χ0n) is 12.9. The highest BCUT2D eigenvalue weighted by atomic mass is 32.1. The summed E-state index contributed by atoms with van der Waals surface area (Å²) in [6, 6.07) is 12.0. The highest BCUT2D eigenvalue weighted by Crippen LogP contribution is 2.29. The monoisotopic (exact) mass is 313 g/mol. The van der Waals surface area contributed by atoms with Crippen molar-refractivity contribution in [2.24, 2.45) is 0 Å². The second-order valence-corrected chi connectivity index (χ2v) is 7.36. The molecule has 0 spiro atoms. The summed E-state index contributed by atoms with van der Waals surface area (Å²) in [5, 5.41) is 7.07. The fourth-order valence-electron chi connectivity index (χ4n) is 3.27. The Hall–Kier alpha value is -1.23. The van der Waals surface area contributed by atoms with E-state index in [2.05, 4.69) is 39.9 Å². The zero-order chi connectivity index (χ0) is 14.8. The van der Waals surface area contributed by atoms with Crippen LogP contribution in [-0.4, -0.2) is 35.1 Å². The fourth-order valence-corrected chi connectivity index (χ4v) is 4.03. The van der Waals surface area contributed by atoms with Gasteiger partial charge in [0.2, 0.25) is 0 Å². The molecule has 2 fully saturated rings. The van der Waals surface area contributed by atoms with Crippen LogP contribution in [0.15, 0.2) is 35.7 Å². The molecule has 2 aliphatic rings. The second-order valence-electron chi connectivity index (χ2n) is 6.41. The number of likely N-dealkylation sites (tertiary alicyclic amines) is 1. The van der Waals surface area contributed by atoms with Gasteiger partial charge in [-0.3, -0.25) is 0 Å². The molecule has 1 saturated heterocycles. The van der Waals surface area contributed by atoms with E-state index >= 15 is 0 Å². The molecular formula is C18H23N3S. The zero-order valence-corrected chi connectivity index (χ0v) is 13.7. The lowest BCUT2D eigenvalue weighted by atomic mass is 10.1. The van der Waals surface area contributed by atoms with Gasteiger partial charge in [-0.05, 0) is 38.8 Å². The third kappa shape index (κ3) is 3.40. The predicted molar refractivity (Wildman–Crippen MR) is 92.0 cm³/mol. The first kappa shape index (κ1) is 14.4.